The fraction of sp³-hybridized carbons (Fsp3) is 0.500. The normalized spacial score (nSPS) is 37.8. The van der Waals surface area contributed by atoms with Crippen molar-refractivity contribution in [1.82, 2.24) is 29.3 Å². The molecule has 23 heteroatoms. The van der Waals surface area contributed by atoms with Crippen molar-refractivity contribution >= 4 is 57.8 Å². The van der Waals surface area contributed by atoms with Crippen LogP contribution in [0.15, 0.2) is 35.8 Å². The van der Waals surface area contributed by atoms with Crippen LogP contribution in [0.4, 0.5) is 10.1 Å². The Bertz CT molecular complexity index is 2020. The summed E-state index contributed by atoms with van der Waals surface area (Å²) in [6.45, 7) is -0.941. The summed E-state index contributed by atoms with van der Waals surface area (Å²) in [6.07, 6.45) is -5.86. The highest BCUT2D eigenvalue weighted by Gasteiger charge is 2.53. The molecule has 0 aliphatic carbocycles. The van der Waals surface area contributed by atoms with Gasteiger partial charge in [-0.15, -0.1) is 0 Å². The van der Waals surface area contributed by atoms with Crippen LogP contribution in [0.25, 0.3) is 22.1 Å². The van der Waals surface area contributed by atoms with Gasteiger partial charge in [-0.2, -0.15) is 5.10 Å². The van der Waals surface area contributed by atoms with Crippen LogP contribution in [0.2, 0.25) is 0 Å². The molecule has 3 saturated heterocycles. The number of fused-ring (bicyclic) bond motifs is 3. The summed E-state index contributed by atoms with van der Waals surface area (Å²) in [7, 11) is 2.76. The van der Waals surface area contributed by atoms with Crippen molar-refractivity contribution in [2.75, 3.05) is 25.3 Å². The van der Waals surface area contributed by atoms with Crippen molar-refractivity contribution in [3.63, 3.8) is 0 Å². The van der Waals surface area contributed by atoms with E-state index in [0.29, 0.717) is 24.4 Å². The minimum absolute atomic E-state index is 0.0378. The molecule has 3 N–H and O–H groups in total. The molecule has 0 bridgehead atoms. The van der Waals surface area contributed by atoms with Crippen LogP contribution in [-0.4, -0.2) is 106 Å². The average Bonchev–Trinajstić information content (AvgIpc) is 3.73. The molecule has 0 aromatic carbocycles. The molecular formula is C24H24B2FN7O11P2. The molecule has 4 aromatic heterocycles. The smallest absolute Gasteiger partial charge is 0.292 e. The number of hydrogen-bond donors (Lipinski definition) is 3. The van der Waals surface area contributed by atoms with Crippen LogP contribution < -0.4 is 11.0 Å². The summed E-state index contributed by atoms with van der Waals surface area (Å²) in [5.41, 5.74) is 4.30. The number of halogens is 1. The molecule has 0 saturated carbocycles. The molecule has 4 aliphatic heterocycles. The minimum Gasteiger partial charge on any atom is -0.386 e. The molecule has 4 unspecified atom stereocenters. The average molecular weight is 689 g/mol. The molecule has 3 fully saturated rings. The molecule has 0 spiro atoms. The van der Waals surface area contributed by atoms with Gasteiger partial charge >= 0.3 is 0 Å². The van der Waals surface area contributed by atoms with Gasteiger partial charge < -0.3 is 37.2 Å². The first kappa shape index (κ1) is 31.3. The fourth-order valence-electron chi connectivity index (χ4n) is 6.24. The van der Waals surface area contributed by atoms with Crippen LogP contribution in [-0.2, 0) is 48.0 Å². The summed E-state index contributed by atoms with van der Waals surface area (Å²) in [5.74, 6) is 0. The largest absolute Gasteiger partial charge is 0.386 e. The Kier molecular flexibility index (Phi) is 7.72. The first-order chi connectivity index (χ1) is 22.5. The highest BCUT2D eigenvalue weighted by molar-refractivity contribution is 7.79. The van der Waals surface area contributed by atoms with Crippen molar-refractivity contribution in [3.8, 4) is 0 Å². The number of H-pyrrole nitrogens is 1. The highest BCUT2D eigenvalue weighted by atomic mass is 31.2. The van der Waals surface area contributed by atoms with E-state index in [0.717, 1.165) is 17.3 Å². The number of alkyl halides is 1. The third-order valence-corrected chi connectivity index (χ3v) is 10.4. The Morgan fingerprint density at radius 1 is 1.02 bits per heavy atom. The second kappa shape index (κ2) is 11.6. The topological polar surface area (TPSA) is 212 Å². The third-order valence-electron chi connectivity index (χ3n) is 8.35. The van der Waals surface area contributed by atoms with Gasteiger partial charge in [-0.1, -0.05) is 0 Å². The number of rotatable bonds is 2. The molecule has 10 atom stereocenters. The summed E-state index contributed by atoms with van der Waals surface area (Å²) in [6, 6.07) is 1.73. The monoisotopic (exact) mass is 689 g/mol. The second-order valence-corrected chi connectivity index (χ2v) is 14.4. The van der Waals surface area contributed by atoms with Gasteiger partial charge in [-0.3, -0.25) is 28.8 Å². The van der Waals surface area contributed by atoms with Gasteiger partial charge in [-0.25, -0.2) is 19.5 Å². The van der Waals surface area contributed by atoms with Crippen molar-refractivity contribution in [1.29, 1.82) is 0 Å². The molecule has 8 heterocycles. The molecule has 4 radical (unpaired) electrons. The number of nitrogens with one attached hydrogen (secondary N) is 2. The van der Waals surface area contributed by atoms with Gasteiger partial charge in [0.05, 0.1) is 43.5 Å². The van der Waals surface area contributed by atoms with Crippen LogP contribution in [0, 0.1) is 0 Å². The molecule has 18 nitrogen and oxygen atoms in total. The van der Waals surface area contributed by atoms with Crippen molar-refractivity contribution in [2.45, 2.75) is 55.6 Å². The second-order valence-electron chi connectivity index (χ2n) is 11.3. The number of anilines is 1. The zero-order chi connectivity index (χ0) is 32.7. The van der Waals surface area contributed by atoms with E-state index in [-0.39, 0.29) is 11.0 Å². The minimum atomic E-state index is -4.57. The van der Waals surface area contributed by atoms with E-state index in [9.17, 15) is 19.0 Å². The summed E-state index contributed by atoms with van der Waals surface area (Å²) < 4.78 is 79.4. The number of aromatic nitrogens is 6. The number of imidazole rings is 1. The summed E-state index contributed by atoms with van der Waals surface area (Å²) in [5, 5.41) is 18.1. The maximum atomic E-state index is 16.0. The van der Waals surface area contributed by atoms with Gasteiger partial charge in [0.15, 0.2) is 24.1 Å². The van der Waals surface area contributed by atoms with Gasteiger partial charge in [0.2, 0.25) is 15.1 Å². The molecule has 8 rings (SSSR count). The lowest BCUT2D eigenvalue weighted by atomic mass is 10.1. The number of pyridine rings is 1. The predicted octanol–water partition coefficient (Wildman–Crippen LogP) is 0.933. The Labute approximate surface area is 265 Å². The van der Waals surface area contributed by atoms with Crippen molar-refractivity contribution in [2.24, 2.45) is 0 Å². The molecule has 4 aliphatic rings. The van der Waals surface area contributed by atoms with Crippen molar-refractivity contribution in [3.05, 3.63) is 46.9 Å². The van der Waals surface area contributed by atoms with E-state index >= 15 is 4.39 Å². The van der Waals surface area contributed by atoms with E-state index in [1.165, 1.54) is 10.8 Å². The maximum absolute atomic E-state index is 16.0. The lowest BCUT2D eigenvalue weighted by Crippen LogP contribution is -2.38. The first-order valence-corrected chi connectivity index (χ1v) is 17.5. The van der Waals surface area contributed by atoms with E-state index in [2.05, 4.69) is 25.6 Å². The van der Waals surface area contributed by atoms with Crippen LogP contribution in [0.5, 0.6) is 0 Å². The van der Waals surface area contributed by atoms with E-state index in [4.69, 9.17) is 47.5 Å². The Morgan fingerprint density at radius 3 is 2.53 bits per heavy atom. The first-order valence-electron chi connectivity index (χ1n) is 14.3. The summed E-state index contributed by atoms with van der Waals surface area (Å²) in [4.78, 5) is 25.9. The number of aliphatic hydroxyl groups is 1. The molecule has 4 aromatic rings. The number of aromatic amines is 1. The third kappa shape index (κ3) is 5.48. The maximum Gasteiger partial charge on any atom is 0.292 e. The Morgan fingerprint density at radius 2 is 1.74 bits per heavy atom. The zero-order valence-corrected chi connectivity index (χ0v) is 25.8. The Hall–Kier alpha value is -2.96. The molecular weight excluding hydrogens is 665 g/mol. The van der Waals surface area contributed by atoms with E-state index in [1.54, 1.807) is 23.0 Å². The van der Waals surface area contributed by atoms with Crippen LogP contribution in [0.3, 0.4) is 0 Å². The van der Waals surface area contributed by atoms with Gasteiger partial charge in [-0.05, 0) is 11.6 Å². The molecule has 47 heavy (non-hydrogen) atoms. The van der Waals surface area contributed by atoms with Gasteiger partial charge in [0.25, 0.3) is 20.5 Å². The van der Waals surface area contributed by atoms with Crippen molar-refractivity contribution < 1.29 is 51.0 Å². The van der Waals surface area contributed by atoms with Gasteiger partial charge in [0, 0.05) is 24.2 Å². The molecule has 244 valence electrons. The quantitative estimate of drug-likeness (QED) is 0.197. The summed E-state index contributed by atoms with van der Waals surface area (Å²) >= 11 is 0. The molecule has 0 amide bonds. The number of aliphatic hydroxyl groups excluding tert-OH is 1. The highest BCUT2D eigenvalue weighted by Crippen LogP contribution is 2.54. The SMILES string of the molecule is [B]P1(=O)OC[C@H]2O[C@@H](n3cnc4c(=O)[nH]ncc43)C(F)[C@H]2OP([B])(=O)OC[C@H]2O[C@@H](n3cc4c5c(ccnc53)NOCC4)[C@@H](O)C2O1. The number of hydrogen-bond acceptors (Lipinski definition) is 15. The standard InChI is InChI=1S/C24H24B2FN7O11P2/c25-46(37)41-8-14-20(18(35)24(43-14)33-6-10-2-4-39-32-11-1-3-28-21(33)15(10)11)45-47(26,38)40-7-13-19(44-46)16(27)23(42-13)34-9-29-17-12(34)5-30-31-22(17)36/h1,3,5-6,9,13-14,16,18-20,23-24,32,35H,2,4,7-8H2,(H,31,36)/t13-,14-,16?,18+,19+,20?,23-,24-,46?,47?/m1/s1. The van der Waals surface area contributed by atoms with E-state index in [1.807, 2.05) is 0 Å². The van der Waals surface area contributed by atoms with Crippen LogP contribution >= 0.6 is 14.9 Å². The van der Waals surface area contributed by atoms with Gasteiger partial charge in [0.1, 0.15) is 36.2 Å². The number of nitrogens with zero attached hydrogens (tertiary/aromatic N) is 5. The lowest BCUT2D eigenvalue weighted by Gasteiger charge is -2.30. The van der Waals surface area contributed by atoms with E-state index < -0.39 is 82.9 Å². The Balaban J connectivity index is 1.08. The fourth-order valence-corrected chi connectivity index (χ4v) is 8.26. The van der Waals surface area contributed by atoms with Crippen LogP contribution in [0.1, 0.15) is 18.0 Å². The lowest BCUT2D eigenvalue weighted by molar-refractivity contribution is -0.0557. The predicted molar refractivity (Wildman–Crippen MR) is 158 cm³/mol. The number of ether oxygens (including phenoxy) is 2. The zero-order valence-electron chi connectivity index (χ0n) is 24.0.